The van der Waals surface area contributed by atoms with Crippen LogP contribution in [-0.2, 0) is 70.3 Å². The number of phenolic OH excluding ortho intramolecular Hbond substituents is 5. The highest BCUT2D eigenvalue weighted by Gasteiger charge is 2.26. The van der Waals surface area contributed by atoms with E-state index in [2.05, 4.69) is 62.9 Å². The number of esters is 4. The second-order valence-corrected chi connectivity index (χ2v) is 25.8. The molecule has 0 unspecified atom stereocenters. The zero-order valence-corrected chi connectivity index (χ0v) is 66.6. The van der Waals surface area contributed by atoms with Crippen molar-refractivity contribution < 1.29 is 91.2 Å². The van der Waals surface area contributed by atoms with Crippen molar-refractivity contribution in [3.63, 3.8) is 0 Å². The van der Waals surface area contributed by atoms with E-state index in [1.807, 2.05) is 18.2 Å². The third kappa shape index (κ3) is 41.4. The molecule has 10 rings (SSSR count). The summed E-state index contributed by atoms with van der Waals surface area (Å²) >= 11 is 0. The summed E-state index contributed by atoms with van der Waals surface area (Å²) < 4.78 is 8.66. The molecule has 0 atom stereocenters. The third-order valence-electron chi connectivity index (χ3n) is 15.5. The number of nitro benzene ring substituents is 5. The first-order valence-electron chi connectivity index (χ1n) is 35.9. The Morgan fingerprint density at radius 3 is 1.10 bits per heavy atom. The summed E-state index contributed by atoms with van der Waals surface area (Å²) in [7, 11) is 16.0. The maximum Gasteiger partial charge on any atom is 0.318 e. The summed E-state index contributed by atoms with van der Waals surface area (Å²) in [5.74, 6) is -1.94. The van der Waals surface area contributed by atoms with Gasteiger partial charge in [-0.05, 0) is 135 Å². The minimum absolute atomic E-state index is 0. The van der Waals surface area contributed by atoms with Crippen molar-refractivity contribution >= 4 is 124 Å². The van der Waals surface area contributed by atoms with E-state index >= 15 is 0 Å². The van der Waals surface area contributed by atoms with E-state index in [9.17, 15) is 99.8 Å². The van der Waals surface area contributed by atoms with Gasteiger partial charge in [0.15, 0.2) is 0 Å². The molecule has 9 N–H and O–H groups in total. The normalized spacial score (nSPS) is 9.79. The van der Waals surface area contributed by atoms with Gasteiger partial charge in [-0.3, -0.25) is 79.3 Å². The molecule has 0 aliphatic heterocycles. The van der Waals surface area contributed by atoms with Crippen molar-refractivity contribution in [1.82, 2.24) is 0 Å². The molecule has 0 bridgehead atoms. The summed E-state index contributed by atoms with van der Waals surface area (Å²) in [5, 5.41) is 105. The van der Waals surface area contributed by atoms with Gasteiger partial charge in [-0.25, -0.2) is 0 Å². The van der Waals surface area contributed by atoms with Crippen LogP contribution in [0.2, 0.25) is 0 Å². The highest BCUT2D eigenvalue weighted by Crippen LogP contribution is 2.26. The number of non-ortho nitro benzene ring substituents is 5. The van der Waals surface area contributed by atoms with Gasteiger partial charge in [-0.2, -0.15) is 0 Å². The number of phenols is 5. The van der Waals surface area contributed by atoms with Gasteiger partial charge in [0.2, 0.25) is 11.8 Å². The number of nitrogens with zero attached hydrogens (tertiary/aromatic N) is 7. The van der Waals surface area contributed by atoms with Crippen molar-refractivity contribution in [1.29, 1.82) is 0 Å². The number of amides is 2. The topological polar surface area (TPSA) is 494 Å². The van der Waals surface area contributed by atoms with Crippen LogP contribution in [-0.4, -0.2) is 143 Å². The van der Waals surface area contributed by atoms with Crippen LogP contribution in [0.4, 0.5) is 56.9 Å². The zero-order chi connectivity index (χ0) is 90.0. The van der Waals surface area contributed by atoms with Crippen molar-refractivity contribution in [2.45, 2.75) is 80.6 Å². The maximum atomic E-state index is 11.8. The second-order valence-electron chi connectivity index (χ2n) is 25.8. The van der Waals surface area contributed by atoms with E-state index in [1.54, 1.807) is 147 Å². The van der Waals surface area contributed by atoms with Crippen LogP contribution >= 0.6 is 0 Å². The predicted octanol–water partition coefficient (Wildman–Crippen LogP) is 14.0. The van der Waals surface area contributed by atoms with Crippen molar-refractivity contribution in [3.05, 3.63) is 321 Å². The highest BCUT2D eigenvalue weighted by atomic mass is 16.6. The van der Waals surface area contributed by atoms with Crippen LogP contribution in [0.15, 0.2) is 243 Å². The van der Waals surface area contributed by atoms with Gasteiger partial charge in [-0.1, -0.05) is 91.0 Å². The molecule has 0 aromatic heterocycles. The van der Waals surface area contributed by atoms with E-state index in [-0.39, 0.29) is 84.7 Å². The van der Waals surface area contributed by atoms with Crippen LogP contribution in [0.1, 0.15) is 79.1 Å². The largest absolute Gasteiger partial charge is 0.508 e. The standard InChI is InChI=1S/C16H16N2O4.C16H18N2O3.C14H12N2O4.C14H14N2O3.C13H15NO5.C6H7NO.C4H6O3.2B2.2H2/c1-12(19)17(15-3-2-4-16(20)11-15)10-9-13-5-7-14(8-6-13)18(21)22;1-2-17(15-4-3-5-16(19)12-15)11-10-13-6-8-14(9-7-13)18(20)21;17-13-3-1-2-11(9-13)15-14(18)8-10-4-6-12(7-5-10)16(19)20;17-14-3-1-2-12(10-14)15-9-8-11-4-6-13(7-5-11)16(18)19;1-13(2,3)12(16)19-11(15)8-9-4-6-10(7-5-9)14(17)18;7-5-2-1-3-6(8)4-5;1-3(5)7-4(2)6;2*1-2;;/h2-8,11,20H,9-10H2,1H3;3-9,12,19H,2,10-11H2,1H3;1-7,9,17H,8H2,(H,15,18);1-7,10,15,17H,8-9H2;4-7H,8H2,1-3H3;1-4,8H,7H2;1-2H3;;;2*1H. The Hall–Kier alpha value is -14.9. The van der Waals surface area contributed by atoms with Crippen LogP contribution in [0, 0.1) is 56.0 Å². The average Bonchev–Trinajstić information content (AvgIpc) is 0.865. The second kappa shape index (κ2) is 54.0. The number of nitro groups is 5. The molecule has 120 heavy (non-hydrogen) atoms. The first-order chi connectivity index (χ1) is 56.9. The molecule has 624 valence electrons. The number of carbonyl (C=O) groups excluding carboxylic acids is 6. The fourth-order valence-electron chi connectivity index (χ4n) is 9.75. The van der Waals surface area contributed by atoms with Gasteiger partial charge < -0.3 is 61.2 Å². The van der Waals surface area contributed by atoms with Gasteiger partial charge in [0, 0.05) is 200 Å². The Balaban J connectivity index is 0.00000142. The first kappa shape index (κ1) is 101. The summed E-state index contributed by atoms with van der Waals surface area (Å²) in [4.78, 5) is 120. The van der Waals surface area contributed by atoms with E-state index in [1.165, 1.54) is 124 Å². The molecule has 8 radical (unpaired) electrons. The van der Waals surface area contributed by atoms with E-state index in [0.717, 1.165) is 54.0 Å². The summed E-state index contributed by atoms with van der Waals surface area (Å²) in [6, 6.07) is 64.0. The number of benzene rings is 10. The number of nitrogen functional groups attached to an aromatic ring is 1. The fourth-order valence-corrected chi connectivity index (χ4v) is 9.75. The monoisotopic (exact) mass is 1640 g/mol. The molecule has 10 aromatic rings. The van der Waals surface area contributed by atoms with E-state index in [0.29, 0.717) is 47.7 Å². The lowest BCUT2D eigenvalue weighted by Crippen LogP contribution is -2.30. The SMILES string of the molecule is CC(=O)N(CCc1ccc([N+](=O)[O-])cc1)c1cccc(O)c1.CC(=O)OC(C)=O.CC(C)(C)C(=O)OC(=O)Cc1ccc([N+](=O)[O-])cc1.CCN(CCc1ccc([N+](=O)[O-])cc1)c1cccc(O)c1.Nc1cccc(O)c1.O=C(Cc1ccc([N+](=O)[O-])cc1)Nc1cccc(O)c1.O=[N+]([O-])c1ccc(CCNc2cccc(O)c2)cc1.[B][B].[B][B].[HH].[HH]. The predicted molar refractivity (Wildman–Crippen MR) is 462 cm³/mol. The number of likely N-dealkylation sites (N-methyl/N-ethyl adjacent to an activating group) is 1. The minimum Gasteiger partial charge on any atom is -0.508 e. The van der Waals surface area contributed by atoms with Crippen molar-refractivity contribution in [2.24, 2.45) is 5.41 Å². The molecule has 0 heterocycles. The number of anilines is 5. The Kier molecular flexibility index (Phi) is 45.5. The quantitative estimate of drug-likeness (QED) is 0.00736. The molecule has 0 aliphatic rings. The summed E-state index contributed by atoms with van der Waals surface area (Å²) in [5.41, 5.74) is 12.5. The Morgan fingerprint density at radius 2 is 0.758 bits per heavy atom. The molecule has 37 heteroatoms. The number of nitrogens with one attached hydrogen (secondary N) is 2. The number of carbonyl (C=O) groups is 6. The Bertz CT molecular complexity index is 4940. The minimum atomic E-state index is -0.745. The zero-order valence-electron chi connectivity index (χ0n) is 66.6. The number of ether oxygens (including phenoxy) is 2. The molecular formula is C83H92B4N10O23. The molecule has 0 saturated carbocycles. The van der Waals surface area contributed by atoms with Crippen LogP contribution < -0.4 is 26.2 Å². The summed E-state index contributed by atoms with van der Waals surface area (Å²) in [6.45, 7) is 13.6. The maximum absolute atomic E-state index is 11.8. The molecule has 0 fully saturated rings. The van der Waals surface area contributed by atoms with Gasteiger partial charge >= 0.3 is 23.9 Å². The number of rotatable bonds is 23. The molecule has 2 amide bonds. The smallest absolute Gasteiger partial charge is 0.318 e. The summed E-state index contributed by atoms with van der Waals surface area (Å²) in [6.07, 6.45) is 2.12. The molecule has 0 spiro atoms. The number of nitrogens with two attached hydrogens (primary N) is 1. The third-order valence-corrected chi connectivity index (χ3v) is 15.5. The Labute approximate surface area is 699 Å². The van der Waals surface area contributed by atoms with E-state index < -0.39 is 53.9 Å². The van der Waals surface area contributed by atoms with E-state index in [4.69, 9.17) is 10.8 Å². The van der Waals surface area contributed by atoms with Crippen molar-refractivity contribution in [2.75, 3.05) is 52.3 Å². The number of hydrogen-bond donors (Lipinski definition) is 8. The molecular weight excluding hydrogens is 1550 g/mol. The average molecular weight is 1640 g/mol. The molecule has 0 aliphatic carbocycles. The van der Waals surface area contributed by atoms with Gasteiger partial charge in [0.1, 0.15) is 28.7 Å². The number of hydrogen-bond acceptors (Lipinski definition) is 26. The van der Waals surface area contributed by atoms with Crippen molar-refractivity contribution in [3.8, 4) is 28.7 Å². The molecule has 33 nitrogen and oxygen atoms in total. The first-order valence-corrected chi connectivity index (χ1v) is 35.9. The van der Waals surface area contributed by atoms with Crippen LogP contribution in [0.25, 0.3) is 0 Å². The lowest BCUT2D eigenvalue weighted by molar-refractivity contribution is -0.385. The van der Waals surface area contributed by atoms with Crippen LogP contribution in [0.3, 0.4) is 0 Å². The fraction of sp³-hybridized carbons (Fsp3) is 0.205. The van der Waals surface area contributed by atoms with Crippen LogP contribution in [0.5, 0.6) is 28.7 Å². The van der Waals surface area contributed by atoms with Gasteiger partial charge in [0.25, 0.3) is 28.4 Å². The molecule has 10 aromatic carbocycles. The number of aromatic hydroxyl groups is 5. The Morgan fingerprint density at radius 1 is 0.425 bits per heavy atom. The lowest BCUT2D eigenvalue weighted by atomic mass is 9.81. The molecule has 0 saturated heterocycles. The van der Waals surface area contributed by atoms with Gasteiger partial charge in [0.05, 0.1) is 42.9 Å². The highest BCUT2D eigenvalue weighted by molar-refractivity contribution is 6.76. The lowest BCUT2D eigenvalue weighted by Gasteiger charge is -2.23. The van der Waals surface area contributed by atoms with Gasteiger partial charge in [-0.15, -0.1) is 0 Å².